The van der Waals surface area contributed by atoms with Crippen molar-refractivity contribution in [2.24, 2.45) is 5.73 Å². The Morgan fingerprint density at radius 1 is 1.23 bits per heavy atom. The molecule has 0 spiro atoms. The molecule has 22 heavy (non-hydrogen) atoms. The summed E-state index contributed by atoms with van der Waals surface area (Å²) >= 11 is 1.50. The number of nitrogens with two attached hydrogens (primary N) is 1. The number of rotatable bonds is 8. The largest absolute Gasteiger partial charge is 0.336 e. The van der Waals surface area contributed by atoms with E-state index in [0.717, 1.165) is 24.3 Å². The van der Waals surface area contributed by atoms with E-state index >= 15 is 0 Å². The van der Waals surface area contributed by atoms with Crippen LogP contribution in [-0.4, -0.2) is 35.4 Å². The fourth-order valence-electron chi connectivity index (χ4n) is 2.27. The van der Waals surface area contributed by atoms with Crippen LogP contribution >= 0.6 is 11.3 Å². The molecule has 0 aliphatic carbocycles. The van der Waals surface area contributed by atoms with E-state index in [4.69, 9.17) is 5.73 Å². The lowest BCUT2D eigenvalue weighted by molar-refractivity contribution is 0.0766. The van der Waals surface area contributed by atoms with Gasteiger partial charge >= 0.3 is 0 Å². The lowest BCUT2D eigenvalue weighted by Gasteiger charge is -2.21. The third-order valence-corrected chi connectivity index (χ3v) is 4.47. The third kappa shape index (κ3) is 4.64. The van der Waals surface area contributed by atoms with Crippen molar-refractivity contribution in [2.45, 2.75) is 26.2 Å². The highest BCUT2D eigenvalue weighted by Gasteiger charge is 2.17. The number of aromatic nitrogens is 1. The molecule has 0 fully saturated rings. The van der Waals surface area contributed by atoms with Crippen molar-refractivity contribution in [3.63, 3.8) is 0 Å². The first-order valence-electron chi connectivity index (χ1n) is 7.72. The van der Waals surface area contributed by atoms with Crippen molar-refractivity contribution in [2.75, 3.05) is 19.6 Å². The highest BCUT2D eigenvalue weighted by atomic mass is 32.1. The summed E-state index contributed by atoms with van der Waals surface area (Å²) in [5, 5.41) is 1.03. The zero-order chi connectivity index (χ0) is 15.8. The van der Waals surface area contributed by atoms with Gasteiger partial charge in [-0.3, -0.25) is 4.79 Å². The lowest BCUT2D eigenvalue weighted by atomic mass is 10.1. The molecule has 0 unspecified atom stereocenters. The summed E-state index contributed by atoms with van der Waals surface area (Å²) in [4.78, 5) is 19.5. The molecule has 1 aromatic heterocycles. The SMILES string of the molecule is CCCc1ncc(C(=O)N(CCN)CCc2ccccc2)s1. The first kappa shape index (κ1) is 16.6. The van der Waals surface area contributed by atoms with Crippen LogP contribution in [0.5, 0.6) is 0 Å². The van der Waals surface area contributed by atoms with Crippen LogP contribution in [0.15, 0.2) is 36.5 Å². The zero-order valence-corrected chi connectivity index (χ0v) is 13.8. The van der Waals surface area contributed by atoms with E-state index in [1.165, 1.54) is 16.9 Å². The third-order valence-electron chi connectivity index (χ3n) is 3.43. The molecule has 1 amide bonds. The van der Waals surface area contributed by atoms with Crippen molar-refractivity contribution in [3.8, 4) is 0 Å². The summed E-state index contributed by atoms with van der Waals surface area (Å²) in [6.45, 7) is 3.85. The molecule has 118 valence electrons. The van der Waals surface area contributed by atoms with Crippen molar-refractivity contribution in [1.82, 2.24) is 9.88 Å². The van der Waals surface area contributed by atoms with Gasteiger partial charge in [-0.1, -0.05) is 37.3 Å². The Morgan fingerprint density at radius 3 is 2.68 bits per heavy atom. The minimum Gasteiger partial charge on any atom is -0.336 e. The van der Waals surface area contributed by atoms with E-state index in [9.17, 15) is 4.79 Å². The maximum absolute atomic E-state index is 12.6. The quantitative estimate of drug-likeness (QED) is 0.814. The monoisotopic (exact) mass is 317 g/mol. The van der Waals surface area contributed by atoms with Gasteiger partial charge in [-0.15, -0.1) is 11.3 Å². The average Bonchev–Trinajstić information content (AvgIpc) is 3.01. The van der Waals surface area contributed by atoms with Crippen molar-refractivity contribution < 1.29 is 4.79 Å². The molecule has 0 atom stereocenters. The van der Waals surface area contributed by atoms with Crippen LogP contribution in [0, 0.1) is 0 Å². The summed E-state index contributed by atoms with van der Waals surface area (Å²) in [7, 11) is 0. The van der Waals surface area contributed by atoms with Gasteiger partial charge in [-0.25, -0.2) is 4.98 Å². The van der Waals surface area contributed by atoms with E-state index < -0.39 is 0 Å². The van der Waals surface area contributed by atoms with Gasteiger partial charge < -0.3 is 10.6 Å². The molecule has 0 aliphatic rings. The number of thiazole rings is 1. The Bertz CT molecular complexity index is 583. The van der Waals surface area contributed by atoms with Crippen molar-refractivity contribution in [3.05, 3.63) is 52.0 Å². The van der Waals surface area contributed by atoms with Gasteiger partial charge in [0.15, 0.2) is 0 Å². The Morgan fingerprint density at radius 2 is 2.00 bits per heavy atom. The molecule has 2 N–H and O–H groups in total. The number of carbonyl (C=O) groups is 1. The van der Waals surface area contributed by atoms with Gasteiger partial charge in [0, 0.05) is 19.6 Å². The van der Waals surface area contributed by atoms with Crippen molar-refractivity contribution in [1.29, 1.82) is 0 Å². The second kappa shape index (κ2) is 8.66. The van der Waals surface area contributed by atoms with Gasteiger partial charge in [0.05, 0.1) is 11.2 Å². The molecule has 2 rings (SSSR count). The number of hydrogen-bond donors (Lipinski definition) is 1. The molecule has 1 aromatic carbocycles. The highest BCUT2D eigenvalue weighted by Crippen LogP contribution is 2.17. The summed E-state index contributed by atoms with van der Waals surface area (Å²) in [6, 6.07) is 10.2. The van der Waals surface area contributed by atoms with Gasteiger partial charge in [0.25, 0.3) is 5.91 Å². The molecular formula is C17H23N3OS. The second-order valence-corrected chi connectivity index (χ2v) is 6.30. The van der Waals surface area contributed by atoms with Crippen molar-refractivity contribution >= 4 is 17.2 Å². The van der Waals surface area contributed by atoms with Crippen LogP contribution in [0.2, 0.25) is 0 Å². The fourth-order valence-corrected chi connectivity index (χ4v) is 3.26. The molecule has 5 heteroatoms. The summed E-state index contributed by atoms with van der Waals surface area (Å²) in [5.41, 5.74) is 6.89. The Labute approximate surface area is 136 Å². The van der Waals surface area contributed by atoms with Crippen LogP contribution in [-0.2, 0) is 12.8 Å². The Hall–Kier alpha value is -1.72. The number of amides is 1. The smallest absolute Gasteiger partial charge is 0.265 e. The van der Waals surface area contributed by atoms with Crippen LogP contribution in [0.4, 0.5) is 0 Å². The van der Waals surface area contributed by atoms with E-state index in [1.54, 1.807) is 6.20 Å². The van der Waals surface area contributed by atoms with Crippen LogP contribution in [0.25, 0.3) is 0 Å². The van der Waals surface area contributed by atoms with Gasteiger partial charge in [0.1, 0.15) is 4.88 Å². The van der Waals surface area contributed by atoms with Gasteiger partial charge in [-0.2, -0.15) is 0 Å². The van der Waals surface area contributed by atoms with Gasteiger partial charge in [-0.05, 0) is 24.8 Å². The molecule has 4 nitrogen and oxygen atoms in total. The number of hydrogen-bond acceptors (Lipinski definition) is 4. The molecule has 0 radical (unpaired) electrons. The van der Waals surface area contributed by atoms with Crippen LogP contribution in [0.3, 0.4) is 0 Å². The summed E-state index contributed by atoms with van der Waals surface area (Å²) < 4.78 is 0. The highest BCUT2D eigenvalue weighted by molar-refractivity contribution is 7.13. The first-order valence-corrected chi connectivity index (χ1v) is 8.54. The molecular weight excluding hydrogens is 294 g/mol. The van der Waals surface area contributed by atoms with E-state index in [-0.39, 0.29) is 5.91 Å². The molecule has 2 aromatic rings. The molecule has 1 heterocycles. The first-order chi connectivity index (χ1) is 10.7. The summed E-state index contributed by atoms with van der Waals surface area (Å²) in [5.74, 6) is 0.0428. The zero-order valence-electron chi connectivity index (χ0n) is 13.0. The lowest BCUT2D eigenvalue weighted by Crippen LogP contribution is -2.36. The minimum atomic E-state index is 0.0428. The molecule has 0 aliphatic heterocycles. The normalized spacial score (nSPS) is 10.6. The predicted octanol–water partition coefficient (Wildman–Crippen LogP) is 2.74. The summed E-state index contributed by atoms with van der Waals surface area (Å²) in [6.07, 6.45) is 4.51. The number of aryl methyl sites for hydroxylation is 1. The van der Waals surface area contributed by atoms with E-state index in [0.29, 0.717) is 24.5 Å². The minimum absolute atomic E-state index is 0.0428. The number of benzene rings is 1. The number of carbonyl (C=O) groups excluding carboxylic acids is 1. The Kier molecular flexibility index (Phi) is 6.55. The number of nitrogens with zero attached hydrogens (tertiary/aromatic N) is 2. The van der Waals surface area contributed by atoms with Crippen LogP contribution < -0.4 is 5.73 Å². The molecule has 0 bridgehead atoms. The Balaban J connectivity index is 2.00. The second-order valence-electron chi connectivity index (χ2n) is 5.18. The topological polar surface area (TPSA) is 59.2 Å². The molecule has 0 saturated heterocycles. The standard InChI is InChI=1S/C17H23N3OS/c1-2-6-16-19-13-15(22-16)17(21)20(12-10-18)11-9-14-7-4-3-5-8-14/h3-5,7-8,13H,2,6,9-12,18H2,1H3. The maximum atomic E-state index is 12.6. The maximum Gasteiger partial charge on any atom is 0.265 e. The van der Waals surface area contributed by atoms with E-state index in [1.807, 2.05) is 23.1 Å². The van der Waals surface area contributed by atoms with Crippen LogP contribution in [0.1, 0.15) is 33.6 Å². The molecule has 0 saturated carbocycles. The fraction of sp³-hybridized carbons (Fsp3) is 0.412. The average molecular weight is 317 g/mol. The van der Waals surface area contributed by atoms with Gasteiger partial charge in [0.2, 0.25) is 0 Å². The predicted molar refractivity (Wildman–Crippen MR) is 91.2 cm³/mol. The van der Waals surface area contributed by atoms with E-state index in [2.05, 4.69) is 24.0 Å².